The van der Waals surface area contributed by atoms with Gasteiger partial charge in [-0.1, -0.05) is 13.8 Å². The van der Waals surface area contributed by atoms with Gasteiger partial charge in [0.25, 0.3) is 0 Å². The summed E-state index contributed by atoms with van der Waals surface area (Å²) in [6.45, 7) is 10.0. The average Bonchev–Trinajstić information content (AvgIpc) is 2.71. The number of nitrogen functional groups attached to an aromatic ring is 1. The predicted octanol–water partition coefficient (Wildman–Crippen LogP) is 1.91. The van der Waals surface area contributed by atoms with Crippen LogP contribution in [0.1, 0.15) is 33.6 Å². The van der Waals surface area contributed by atoms with Gasteiger partial charge in [-0.15, -0.1) is 0 Å². The minimum absolute atomic E-state index is 0.422. The maximum Gasteiger partial charge on any atom is 0.142 e. The van der Waals surface area contributed by atoms with E-state index in [1.807, 2.05) is 0 Å². The van der Waals surface area contributed by atoms with E-state index in [2.05, 4.69) is 41.2 Å². The number of nitrogens with one attached hydrogen (secondary N) is 2. The van der Waals surface area contributed by atoms with E-state index >= 15 is 0 Å². The zero-order chi connectivity index (χ0) is 12.7. The highest BCUT2D eigenvalue weighted by atomic mass is 15.2. The fourth-order valence-electron chi connectivity index (χ4n) is 1.91. The van der Waals surface area contributed by atoms with Gasteiger partial charge in [0.2, 0.25) is 0 Å². The molecule has 0 aromatic carbocycles. The fourth-order valence-corrected chi connectivity index (χ4v) is 1.91. The van der Waals surface area contributed by atoms with Crippen molar-refractivity contribution in [2.45, 2.75) is 39.7 Å². The van der Waals surface area contributed by atoms with Crippen molar-refractivity contribution in [2.24, 2.45) is 0 Å². The van der Waals surface area contributed by atoms with Crippen LogP contribution < -0.4 is 11.1 Å². The lowest BCUT2D eigenvalue weighted by Gasteiger charge is -2.20. The summed E-state index contributed by atoms with van der Waals surface area (Å²) in [4.78, 5) is 2.44. The monoisotopic (exact) mass is 239 g/mol. The molecule has 1 heterocycles. The molecule has 0 radical (unpaired) electrons. The number of hydrogen-bond acceptors (Lipinski definition) is 4. The topological polar surface area (TPSA) is 70.0 Å². The number of anilines is 2. The van der Waals surface area contributed by atoms with E-state index in [4.69, 9.17) is 5.73 Å². The molecule has 1 aromatic heterocycles. The normalized spacial score (nSPS) is 12.9. The second-order valence-corrected chi connectivity index (χ2v) is 4.41. The Morgan fingerprint density at radius 2 is 2.18 bits per heavy atom. The van der Waals surface area contributed by atoms with E-state index in [0.29, 0.717) is 11.9 Å². The Hall–Kier alpha value is -1.23. The maximum atomic E-state index is 5.72. The third-order valence-corrected chi connectivity index (χ3v) is 3.08. The van der Waals surface area contributed by atoms with Crippen molar-refractivity contribution in [1.82, 2.24) is 15.1 Å². The first-order chi connectivity index (χ1) is 8.17. The molecule has 4 N–H and O–H groups in total. The molecule has 1 rings (SSSR count). The van der Waals surface area contributed by atoms with Crippen molar-refractivity contribution in [1.29, 1.82) is 0 Å². The van der Waals surface area contributed by atoms with E-state index in [1.54, 1.807) is 6.20 Å². The third kappa shape index (κ3) is 4.65. The van der Waals surface area contributed by atoms with Gasteiger partial charge in [-0.05, 0) is 39.4 Å². The van der Waals surface area contributed by atoms with Gasteiger partial charge in [0.05, 0.1) is 11.9 Å². The summed E-state index contributed by atoms with van der Waals surface area (Å²) in [5, 5.41) is 9.98. The molecule has 98 valence electrons. The number of aromatic nitrogens is 2. The van der Waals surface area contributed by atoms with E-state index < -0.39 is 0 Å². The molecule has 17 heavy (non-hydrogen) atoms. The van der Waals surface area contributed by atoms with Gasteiger partial charge in [-0.3, -0.25) is 5.10 Å². The zero-order valence-electron chi connectivity index (χ0n) is 11.2. The lowest BCUT2D eigenvalue weighted by atomic mass is 10.1. The number of nitrogens with zero attached hydrogens (tertiary/aromatic N) is 2. The molecule has 5 heteroatoms. The highest BCUT2D eigenvalue weighted by molar-refractivity contribution is 5.60. The average molecular weight is 239 g/mol. The van der Waals surface area contributed by atoms with E-state index in [1.165, 1.54) is 13.0 Å². The Kier molecular flexibility index (Phi) is 5.83. The predicted molar refractivity (Wildman–Crippen MR) is 73.1 cm³/mol. The Balaban J connectivity index is 2.21. The third-order valence-electron chi connectivity index (χ3n) is 3.08. The Morgan fingerprint density at radius 1 is 1.47 bits per heavy atom. The molecule has 0 aliphatic carbocycles. The Labute approximate surface area is 104 Å². The number of nitrogens with two attached hydrogens (primary N) is 1. The molecule has 1 unspecified atom stereocenters. The lowest BCUT2D eigenvalue weighted by Crippen LogP contribution is -2.25. The molecule has 0 aliphatic rings. The highest BCUT2D eigenvalue weighted by Gasteiger charge is 2.07. The second kappa shape index (κ2) is 7.17. The van der Waals surface area contributed by atoms with Gasteiger partial charge in [0.15, 0.2) is 0 Å². The summed E-state index contributed by atoms with van der Waals surface area (Å²) in [5.41, 5.74) is 6.62. The van der Waals surface area contributed by atoms with Gasteiger partial charge in [-0.2, -0.15) is 5.10 Å². The first kappa shape index (κ1) is 13.8. The molecule has 0 saturated heterocycles. The largest absolute Gasteiger partial charge is 0.382 e. The van der Waals surface area contributed by atoms with Crippen LogP contribution in [0.15, 0.2) is 6.20 Å². The molecule has 0 fully saturated rings. The van der Waals surface area contributed by atoms with Crippen molar-refractivity contribution in [3.05, 3.63) is 6.20 Å². The molecular formula is C12H25N5. The molecule has 0 bridgehead atoms. The van der Waals surface area contributed by atoms with E-state index in [0.717, 1.165) is 25.2 Å². The summed E-state index contributed by atoms with van der Waals surface area (Å²) in [6.07, 6.45) is 4.07. The quantitative estimate of drug-likeness (QED) is 0.648. The van der Waals surface area contributed by atoms with Gasteiger partial charge in [-0.25, -0.2) is 0 Å². The molecule has 1 atom stereocenters. The number of H-pyrrole nitrogens is 1. The van der Waals surface area contributed by atoms with Crippen molar-refractivity contribution >= 4 is 11.5 Å². The molecule has 0 spiro atoms. The number of aromatic amines is 1. The summed E-state index contributed by atoms with van der Waals surface area (Å²) < 4.78 is 0. The van der Waals surface area contributed by atoms with Crippen molar-refractivity contribution in [2.75, 3.05) is 30.7 Å². The van der Waals surface area contributed by atoms with Crippen molar-refractivity contribution in [3.63, 3.8) is 0 Å². The van der Waals surface area contributed by atoms with Crippen LogP contribution >= 0.6 is 0 Å². The van der Waals surface area contributed by atoms with Crippen LogP contribution in [-0.4, -0.2) is 40.8 Å². The van der Waals surface area contributed by atoms with E-state index in [9.17, 15) is 0 Å². The standard InChI is InChI=1S/C12H25N5/c1-4-17(5-2)8-6-7-10(3)15-11-9-14-16-12(11)13/h9-10,15H,4-8H2,1-3H3,(H3,13,14,16). The fraction of sp³-hybridized carbons (Fsp3) is 0.750. The van der Waals surface area contributed by atoms with Crippen LogP contribution in [-0.2, 0) is 0 Å². The number of hydrogen-bond donors (Lipinski definition) is 3. The minimum atomic E-state index is 0.422. The summed E-state index contributed by atoms with van der Waals surface area (Å²) in [7, 11) is 0. The second-order valence-electron chi connectivity index (χ2n) is 4.41. The lowest BCUT2D eigenvalue weighted by molar-refractivity contribution is 0.295. The Bertz CT molecular complexity index is 306. The summed E-state index contributed by atoms with van der Waals surface area (Å²) in [6, 6.07) is 0.422. The van der Waals surface area contributed by atoms with Crippen LogP contribution in [0.2, 0.25) is 0 Å². The SMILES string of the molecule is CCN(CC)CCCC(C)Nc1cn[nH]c1N. The van der Waals surface area contributed by atoms with Gasteiger partial charge in [0.1, 0.15) is 5.82 Å². The molecule has 5 nitrogen and oxygen atoms in total. The first-order valence-corrected chi connectivity index (χ1v) is 6.45. The molecule has 0 amide bonds. The van der Waals surface area contributed by atoms with Crippen LogP contribution in [0, 0.1) is 0 Å². The smallest absolute Gasteiger partial charge is 0.142 e. The first-order valence-electron chi connectivity index (χ1n) is 6.45. The molecular weight excluding hydrogens is 214 g/mol. The zero-order valence-corrected chi connectivity index (χ0v) is 11.2. The van der Waals surface area contributed by atoms with Crippen LogP contribution in [0.5, 0.6) is 0 Å². The van der Waals surface area contributed by atoms with Gasteiger partial charge >= 0.3 is 0 Å². The van der Waals surface area contributed by atoms with Crippen molar-refractivity contribution in [3.8, 4) is 0 Å². The van der Waals surface area contributed by atoms with Gasteiger partial charge in [0, 0.05) is 6.04 Å². The molecule has 0 aliphatic heterocycles. The number of rotatable bonds is 8. The summed E-state index contributed by atoms with van der Waals surface area (Å²) in [5.74, 6) is 0.612. The highest BCUT2D eigenvalue weighted by Crippen LogP contribution is 2.15. The van der Waals surface area contributed by atoms with E-state index in [-0.39, 0.29) is 0 Å². The van der Waals surface area contributed by atoms with Crippen LogP contribution in [0.4, 0.5) is 11.5 Å². The maximum absolute atomic E-state index is 5.72. The van der Waals surface area contributed by atoms with Crippen molar-refractivity contribution < 1.29 is 0 Å². The molecule has 1 aromatic rings. The van der Waals surface area contributed by atoms with Gasteiger partial charge < -0.3 is 16.0 Å². The van der Waals surface area contributed by atoms with Crippen LogP contribution in [0.25, 0.3) is 0 Å². The van der Waals surface area contributed by atoms with Crippen LogP contribution in [0.3, 0.4) is 0 Å². The Morgan fingerprint density at radius 3 is 2.71 bits per heavy atom. The molecule has 0 saturated carbocycles. The minimum Gasteiger partial charge on any atom is -0.382 e. The summed E-state index contributed by atoms with van der Waals surface area (Å²) >= 11 is 0.